The Morgan fingerprint density at radius 1 is 1.26 bits per heavy atom. The third-order valence-corrected chi connectivity index (χ3v) is 3.19. The second kappa shape index (κ2) is 7.39. The number of benzene rings is 1. The van der Waals surface area contributed by atoms with Crippen LogP contribution in [0.5, 0.6) is 5.75 Å². The number of methoxy groups -OCH3 is 1. The first-order valence-electron chi connectivity index (χ1n) is 7.12. The van der Waals surface area contributed by atoms with Crippen LogP contribution in [0.3, 0.4) is 0 Å². The van der Waals surface area contributed by atoms with Gasteiger partial charge in [0.15, 0.2) is 5.69 Å². The van der Waals surface area contributed by atoms with Gasteiger partial charge in [-0.05, 0) is 19.1 Å². The first-order valence-corrected chi connectivity index (χ1v) is 7.12. The lowest BCUT2D eigenvalue weighted by Gasteiger charge is -2.06. The van der Waals surface area contributed by atoms with Crippen LogP contribution in [0.1, 0.15) is 23.1 Å². The molecule has 0 spiro atoms. The van der Waals surface area contributed by atoms with Crippen molar-refractivity contribution in [1.29, 1.82) is 0 Å². The van der Waals surface area contributed by atoms with E-state index in [1.165, 1.54) is 6.92 Å². The molecule has 0 aliphatic heterocycles. The molecule has 0 aliphatic rings. The number of rotatable bonds is 6. The fourth-order valence-electron chi connectivity index (χ4n) is 2.02. The summed E-state index contributed by atoms with van der Waals surface area (Å²) in [5.41, 5.74) is 1.62. The summed E-state index contributed by atoms with van der Waals surface area (Å²) in [6, 6.07) is 7.32. The molecule has 2 rings (SSSR count). The highest BCUT2D eigenvalue weighted by Crippen LogP contribution is 2.17. The fourth-order valence-corrected chi connectivity index (χ4v) is 2.02. The Labute approximate surface area is 133 Å². The molecule has 8 nitrogen and oxygen atoms in total. The van der Waals surface area contributed by atoms with E-state index in [1.807, 2.05) is 18.2 Å². The van der Waals surface area contributed by atoms with E-state index in [0.717, 1.165) is 5.69 Å². The zero-order chi connectivity index (χ0) is 16.8. The van der Waals surface area contributed by atoms with Gasteiger partial charge in [-0.1, -0.05) is 11.3 Å². The van der Waals surface area contributed by atoms with Crippen LogP contribution in [0, 0.1) is 6.92 Å². The minimum absolute atomic E-state index is 0.139. The van der Waals surface area contributed by atoms with Gasteiger partial charge in [-0.25, -0.2) is 4.68 Å². The van der Waals surface area contributed by atoms with Gasteiger partial charge in [0.25, 0.3) is 5.91 Å². The first-order chi connectivity index (χ1) is 11.0. The third kappa shape index (κ3) is 4.06. The molecule has 2 amide bonds. The summed E-state index contributed by atoms with van der Waals surface area (Å²) in [7, 11) is 1.58. The second-order valence-corrected chi connectivity index (χ2v) is 4.88. The molecule has 0 fully saturated rings. The van der Waals surface area contributed by atoms with Gasteiger partial charge in [-0.15, -0.1) is 5.10 Å². The number of nitrogens with one attached hydrogen (secondary N) is 2. The molecule has 0 bridgehead atoms. The number of carbonyl (C=O) groups excluding carboxylic acids is 2. The van der Waals surface area contributed by atoms with Crippen molar-refractivity contribution in [2.45, 2.75) is 13.8 Å². The molecule has 1 aromatic carbocycles. The molecule has 2 aromatic rings. The van der Waals surface area contributed by atoms with E-state index in [4.69, 9.17) is 4.74 Å². The van der Waals surface area contributed by atoms with Gasteiger partial charge in [0.1, 0.15) is 5.75 Å². The van der Waals surface area contributed by atoms with Gasteiger partial charge in [0.2, 0.25) is 5.91 Å². The fraction of sp³-hybridized carbons (Fsp3) is 0.333. The van der Waals surface area contributed by atoms with Gasteiger partial charge in [-0.3, -0.25) is 9.59 Å². The lowest BCUT2D eigenvalue weighted by molar-refractivity contribution is -0.118. The van der Waals surface area contributed by atoms with Gasteiger partial charge in [0.05, 0.1) is 18.5 Å². The molecule has 2 N–H and O–H groups in total. The highest BCUT2D eigenvalue weighted by atomic mass is 16.5. The molecule has 122 valence electrons. The summed E-state index contributed by atoms with van der Waals surface area (Å²) in [5.74, 6) is 0.222. The van der Waals surface area contributed by atoms with Crippen LogP contribution in [0.25, 0.3) is 5.69 Å². The summed E-state index contributed by atoms with van der Waals surface area (Å²) < 4.78 is 6.75. The normalized spacial score (nSPS) is 10.2. The van der Waals surface area contributed by atoms with E-state index >= 15 is 0 Å². The van der Waals surface area contributed by atoms with E-state index < -0.39 is 0 Å². The van der Waals surface area contributed by atoms with Gasteiger partial charge in [-0.2, -0.15) is 0 Å². The molecule has 1 heterocycles. The van der Waals surface area contributed by atoms with E-state index in [9.17, 15) is 9.59 Å². The lowest BCUT2D eigenvalue weighted by Crippen LogP contribution is -2.34. The number of hydrogen-bond donors (Lipinski definition) is 2. The summed E-state index contributed by atoms with van der Waals surface area (Å²) in [4.78, 5) is 22.9. The predicted molar refractivity (Wildman–Crippen MR) is 83.7 cm³/mol. The van der Waals surface area contributed by atoms with Crippen molar-refractivity contribution in [3.63, 3.8) is 0 Å². The Kier molecular flexibility index (Phi) is 5.29. The Morgan fingerprint density at radius 3 is 2.70 bits per heavy atom. The molecular weight excluding hydrogens is 298 g/mol. The number of hydrogen-bond acceptors (Lipinski definition) is 5. The number of aromatic nitrogens is 3. The van der Waals surface area contributed by atoms with Crippen molar-refractivity contribution >= 4 is 11.8 Å². The van der Waals surface area contributed by atoms with Crippen LogP contribution >= 0.6 is 0 Å². The Balaban J connectivity index is 2.09. The first kappa shape index (κ1) is 16.5. The molecule has 0 aliphatic carbocycles. The van der Waals surface area contributed by atoms with Crippen LogP contribution in [0.15, 0.2) is 24.3 Å². The molecule has 1 aromatic heterocycles. The van der Waals surface area contributed by atoms with Crippen LogP contribution in [-0.4, -0.2) is 47.0 Å². The van der Waals surface area contributed by atoms with Gasteiger partial charge >= 0.3 is 0 Å². The maximum absolute atomic E-state index is 12.1. The predicted octanol–water partition coefficient (Wildman–Crippen LogP) is 0.450. The average Bonchev–Trinajstić information content (AvgIpc) is 2.93. The zero-order valence-electron chi connectivity index (χ0n) is 13.3. The topological polar surface area (TPSA) is 98.1 Å². The highest BCUT2D eigenvalue weighted by molar-refractivity contribution is 5.93. The van der Waals surface area contributed by atoms with Crippen LogP contribution in [-0.2, 0) is 4.79 Å². The van der Waals surface area contributed by atoms with Gasteiger partial charge < -0.3 is 15.4 Å². The van der Waals surface area contributed by atoms with E-state index in [2.05, 4.69) is 20.9 Å². The van der Waals surface area contributed by atoms with Crippen molar-refractivity contribution in [1.82, 2.24) is 25.6 Å². The molecule has 0 saturated carbocycles. The summed E-state index contributed by atoms with van der Waals surface area (Å²) in [5, 5.41) is 13.2. The Hall–Kier alpha value is -2.90. The van der Waals surface area contributed by atoms with E-state index in [-0.39, 0.29) is 17.5 Å². The highest BCUT2D eigenvalue weighted by Gasteiger charge is 2.17. The summed E-state index contributed by atoms with van der Waals surface area (Å²) in [6.07, 6.45) is 0. The maximum Gasteiger partial charge on any atom is 0.273 e. The van der Waals surface area contributed by atoms with Crippen LogP contribution in [0.4, 0.5) is 0 Å². The quantitative estimate of drug-likeness (QED) is 0.754. The smallest absolute Gasteiger partial charge is 0.273 e. The number of carbonyl (C=O) groups is 2. The average molecular weight is 317 g/mol. The van der Waals surface area contributed by atoms with Crippen molar-refractivity contribution in [2.24, 2.45) is 0 Å². The zero-order valence-corrected chi connectivity index (χ0v) is 13.3. The van der Waals surface area contributed by atoms with Crippen LogP contribution in [0.2, 0.25) is 0 Å². The standard InChI is InChI=1S/C15H19N5O3/c1-10-14(15(22)17-8-7-16-11(2)21)18-19-20(10)12-5-4-6-13(9-12)23-3/h4-6,9H,7-8H2,1-3H3,(H,16,21)(H,17,22). The SMILES string of the molecule is COc1cccc(-n2nnc(C(=O)NCCNC(C)=O)c2C)c1. The summed E-state index contributed by atoms with van der Waals surface area (Å²) in [6.45, 7) is 3.88. The second-order valence-electron chi connectivity index (χ2n) is 4.88. The molecule has 8 heteroatoms. The molecule has 23 heavy (non-hydrogen) atoms. The van der Waals surface area contributed by atoms with E-state index in [0.29, 0.717) is 24.5 Å². The molecule has 0 atom stereocenters. The van der Waals surface area contributed by atoms with Crippen LogP contribution < -0.4 is 15.4 Å². The van der Waals surface area contributed by atoms with Gasteiger partial charge in [0, 0.05) is 26.1 Å². The largest absolute Gasteiger partial charge is 0.497 e. The third-order valence-electron chi connectivity index (χ3n) is 3.19. The molecule has 0 saturated heterocycles. The Bertz CT molecular complexity index is 711. The molecule has 0 unspecified atom stereocenters. The van der Waals surface area contributed by atoms with Crippen molar-refractivity contribution < 1.29 is 14.3 Å². The number of nitrogens with zero attached hydrogens (tertiary/aromatic N) is 3. The Morgan fingerprint density at radius 2 is 2.00 bits per heavy atom. The molecular formula is C15H19N5O3. The number of amides is 2. The lowest BCUT2D eigenvalue weighted by atomic mass is 10.2. The maximum atomic E-state index is 12.1. The minimum Gasteiger partial charge on any atom is -0.497 e. The van der Waals surface area contributed by atoms with E-state index in [1.54, 1.807) is 24.8 Å². The summed E-state index contributed by atoms with van der Waals surface area (Å²) >= 11 is 0. The van der Waals surface area contributed by atoms with Crippen molar-refractivity contribution in [2.75, 3.05) is 20.2 Å². The number of ether oxygens (including phenoxy) is 1. The monoisotopic (exact) mass is 317 g/mol. The molecule has 0 radical (unpaired) electrons. The van der Waals surface area contributed by atoms with Crippen molar-refractivity contribution in [3.8, 4) is 11.4 Å². The van der Waals surface area contributed by atoms with Crippen molar-refractivity contribution in [3.05, 3.63) is 35.7 Å². The minimum atomic E-state index is -0.331.